The van der Waals surface area contributed by atoms with E-state index >= 15 is 0 Å². The smallest absolute Gasteiger partial charge is 0.310 e. The van der Waals surface area contributed by atoms with Crippen molar-refractivity contribution in [3.05, 3.63) is 35.9 Å². The first-order chi connectivity index (χ1) is 10.5. The molecule has 0 fully saturated rings. The van der Waals surface area contributed by atoms with Crippen LogP contribution in [-0.2, 0) is 14.3 Å². The van der Waals surface area contributed by atoms with Gasteiger partial charge in [-0.15, -0.1) is 0 Å². The lowest BCUT2D eigenvalue weighted by molar-refractivity contribution is -0.152. The van der Waals surface area contributed by atoms with Gasteiger partial charge >= 0.3 is 5.97 Å². The summed E-state index contributed by atoms with van der Waals surface area (Å²) in [5, 5.41) is 12.3. The van der Waals surface area contributed by atoms with Crippen molar-refractivity contribution in [3.63, 3.8) is 0 Å². The first kappa shape index (κ1) is 18.2. The van der Waals surface area contributed by atoms with E-state index in [-0.39, 0.29) is 18.4 Å². The Morgan fingerprint density at radius 1 is 1.23 bits per heavy atom. The normalized spacial score (nSPS) is 12.7. The van der Waals surface area contributed by atoms with Crippen molar-refractivity contribution in [1.82, 2.24) is 5.32 Å². The summed E-state index contributed by atoms with van der Waals surface area (Å²) < 4.78 is 5.16. The predicted molar refractivity (Wildman–Crippen MR) is 84.5 cm³/mol. The monoisotopic (exact) mass is 307 g/mol. The van der Waals surface area contributed by atoms with Gasteiger partial charge in [-0.25, -0.2) is 0 Å². The molecule has 0 saturated carbocycles. The number of rotatable bonds is 9. The van der Waals surface area contributed by atoms with Crippen LogP contribution in [0.2, 0.25) is 0 Å². The summed E-state index contributed by atoms with van der Waals surface area (Å²) in [6.45, 7) is 3.94. The Morgan fingerprint density at radius 3 is 2.27 bits per heavy atom. The molecule has 1 unspecified atom stereocenters. The van der Waals surface area contributed by atoms with Crippen molar-refractivity contribution in [3.8, 4) is 0 Å². The molecule has 0 aromatic heterocycles. The first-order valence-electron chi connectivity index (χ1n) is 7.55. The zero-order chi connectivity index (χ0) is 16.6. The van der Waals surface area contributed by atoms with E-state index in [4.69, 9.17) is 4.74 Å². The van der Waals surface area contributed by atoms with Gasteiger partial charge in [0.1, 0.15) is 0 Å². The van der Waals surface area contributed by atoms with E-state index in [2.05, 4.69) is 5.32 Å². The Bertz CT molecular complexity index is 483. The summed E-state index contributed by atoms with van der Waals surface area (Å²) in [6.07, 6.45) is 0.821. The summed E-state index contributed by atoms with van der Waals surface area (Å²) in [5.74, 6) is -1.19. The number of carbonyl (C=O) groups is 2. The molecule has 0 aliphatic carbocycles. The molecule has 1 aromatic rings. The maximum absolute atomic E-state index is 12.3. The summed E-state index contributed by atoms with van der Waals surface area (Å²) in [7, 11) is 1.57. The number of methoxy groups -OCH3 is 1. The third kappa shape index (κ3) is 4.56. The third-order valence-electron chi connectivity index (χ3n) is 4.18. The number of carboxylic acid groups (broad SMARTS) is 1. The minimum Gasteiger partial charge on any atom is -0.481 e. The fourth-order valence-electron chi connectivity index (χ4n) is 2.50. The molecule has 22 heavy (non-hydrogen) atoms. The highest BCUT2D eigenvalue weighted by atomic mass is 16.5. The number of hydrogen-bond acceptors (Lipinski definition) is 3. The molecule has 0 bridgehead atoms. The molecule has 1 amide bonds. The zero-order valence-corrected chi connectivity index (χ0v) is 13.5. The average Bonchev–Trinajstić information content (AvgIpc) is 2.53. The van der Waals surface area contributed by atoms with Crippen LogP contribution in [0, 0.1) is 5.41 Å². The van der Waals surface area contributed by atoms with Gasteiger partial charge < -0.3 is 15.2 Å². The van der Waals surface area contributed by atoms with E-state index in [9.17, 15) is 14.7 Å². The van der Waals surface area contributed by atoms with Gasteiger partial charge in [-0.3, -0.25) is 9.59 Å². The van der Waals surface area contributed by atoms with E-state index in [0.717, 1.165) is 5.56 Å². The number of hydrogen-bond donors (Lipinski definition) is 2. The molecule has 0 saturated heterocycles. The Labute approximate surface area is 131 Å². The molecule has 0 aliphatic rings. The van der Waals surface area contributed by atoms with Crippen LogP contribution in [0.1, 0.15) is 44.7 Å². The van der Waals surface area contributed by atoms with Crippen LogP contribution in [0.25, 0.3) is 0 Å². The molecule has 1 atom stereocenters. The molecule has 5 nitrogen and oxygen atoms in total. The second-order valence-electron chi connectivity index (χ2n) is 5.46. The molecule has 1 aromatic carbocycles. The summed E-state index contributed by atoms with van der Waals surface area (Å²) >= 11 is 0. The molecule has 122 valence electrons. The Hall–Kier alpha value is -1.88. The minimum atomic E-state index is -1.00. The molecule has 0 radical (unpaired) electrons. The van der Waals surface area contributed by atoms with E-state index in [1.165, 1.54) is 0 Å². The van der Waals surface area contributed by atoms with Gasteiger partial charge in [0.25, 0.3) is 0 Å². The van der Waals surface area contributed by atoms with Crippen molar-refractivity contribution >= 4 is 11.9 Å². The topological polar surface area (TPSA) is 75.6 Å². The molecule has 0 aliphatic heterocycles. The maximum Gasteiger partial charge on any atom is 0.310 e. The second-order valence-corrected chi connectivity index (χ2v) is 5.46. The zero-order valence-electron chi connectivity index (χ0n) is 13.5. The lowest BCUT2D eigenvalue weighted by Gasteiger charge is -2.27. The lowest BCUT2D eigenvalue weighted by atomic mass is 9.79. The molecule has 2 N–H and O–H groups in total. The van der Waals surface area contributed by atoms with Crippen molar-refractivity contribution < 1.29 is 19.4 Å². The number of nitrogens with one attached hydrogen (secondary N) is 1. The third-order valence-corrected chi connectivity index (χ3v) is 4.18. The standard InChI is InChI=1S/C17H25NO4/c1-4-17(5-2,16(20)21)11-15(19)18-14(12-22-3)13-9-7-6-8-10-13/h6-10,14H,4-5,11-12H2,1-3H3,(H,18,19)(H,20,21). The Morgan fingerprint density at radius 2 is 1.82 bits per heavy atom. The summed E-state index contributed by atoms with van der Waals surface area (Å²) in [5.41, 5.74) is -0.0649. The summed E-state index contributed by atoms with van der Waals surface area (Å²) in [6, 6.07) is 9.23. The number of amides is 1. The van der Waals surface area contributed by atoms with Crippen LogP contribution in [0.5, 0.6) is 0 Å². The Balaban J connectivity index is 2.81. The molecular weight excluding hydrogens is 282 g/mol. The highest BCUT2D eigenvalue weighted by Crippen LogP contribution is 2.31. The van der Waals surface area contributed by atoms with Gasteiger partial charge in [0.15, 0.2) is 0 Å². The van der Waals surface area contributed by atoms with Gasteiger partial charge in [0.05, 0.1) is 18.1 Å². The van der Waals surface area contributed by atoms with Crippen molar-refractivity contribution in [2.45, 2.75) is 39.2 Å². The highest BCUT2D eigenvalue weighted by molar-refractivity contribution is 5.85. The van der Waals surface area contributed by atoms with Crippen LogP contribution in [-0.4, -0.2) is 30.7 Å². The van der Waals surface area contributed by atoms with Gasteiger partial charge in [0.2, 0.25) is 5.91 Å². The minimum absolute atomic E-state index is 0.0254. The van der Waals surface area contributed by atoms with E-state index in [1.807, 2.05) is 30.3 Å². The molecular formula is C17H25NO4. The molecule has 1 rings (SSSR count). The van der Waals surface area contributed by atoms with Gasteiger partial charge in [0, 0.05) is 13.5 Å². The fourth-order valence-corrected chi connectivity index (χ4v) is 2.50. The van der Waals surface area contributed by atoms with Crippen LogP contribution in [0.3, 0.4) is 0 Å². The fraction of sp³-hybridized carbons (Fsp3) is 0.529. The van der Waals surface area contributed by atoms with E-state index in [0.29, 0.717) is 19.4 Å². The number of benzene rings is 1. The van der Waals surface area contributed by atoms with Crippen LogP contribution in [0.15, 0.2) is 30.3 Å². The van der Waals surface area contributed by atoms with Crippen LogP contribution >= 0.6 is 0 Å². The highest BCUT2D eigenvalue weighted by Gasteiger charge is 2.37. The number of carboxylic acids is 1. The molecule has 0 spiro atoms. The average molecular weight is 307 g/mol. The number of aliphatic carboxylic acids is 1. The maximum atomic E-state index is 12.3. The second kappa shape index (κ2) is 8.54. The molecule has 0 heterocycles. The van der Waals surface area contributed by atoms with E-state index in [1.54, 1.807) is 21.0 Å². The van der Waals surface area contributed by atoms with Crippen molar-refractivity contribution in [1.29, 1.82) is 0 Å². The lowest BCUT2D eigenvalue weighted by Crippen LogP contribution is -2.39. The summed E-state index contributed by atoms with van der Waals surface area (Å²) in [4.78, 5) is 23.8. The quantitative estimate of drug-likeness (QED) is 0.735. The van der Waals surface area contributed by atoms with E-state index < -0.39 is 11.4 Å². The number of ether oxygens (including phenoxy) is 1. The Kier molecular flexibility index (Phi) is 7.05. The van der Waals surface area contributed by atoms with Gasteiger partial charge in [-0.05, 0) is 18.4 Å². The van der Waals surface area contributed by atoms with Gasteiger partial charge in [-0.1, -0.05) is 44.2 Å². The van der Waals surface area contributed by atoms with Gasteiger partial charge in [-0.2, -0.15) is 0 Å². The van der Waals surface area contributed by atoms with Crippen molar-refractivity contribution in [2.75, 3.05) is 13.7 Å². The SMILES string of the molecule is CCC(CC)(CC(=O)NC(COC)c1ccccc1)C(=O)O. The number of carbonyl (C=O) groups excluding carboxylic acids is 1. The first-order valence-corrected chi connectivity index (χ1v) is 7.55. The predicted octanol–water partition coefficient (Wildman–Crippen LogP) is 2.77. The molecule has 5 heteroatoms. The largest absolute Gasteiger partial charge is 0.481 e. The van der Waals surface area contributed by atoms with Crippen LogP contribution < -0.4 is 5.32 Å². The van der Waals surface area contributed by atoms with Crippen LogP contribution in [0.4, 0.5) is 0 Å². The van der Waals surface area contributed by atoms with Crippen molar-refractivity contribution in [2.24, 2.45) is 5.41 Å².